The molecule has 0 fully saturated rings. The lowest BCUT2D eigenvalue weighted by Crippen LogP contribution is -2.12. The summed E-state index contributed by atoms with van der Waals surface area (Å²) in [6, 6.07) is 12.6. The summed E-state index contributed by atoms with van der Waals surface area (Å²) in [6.07, 6.45) is 1.58. The maximum absolute atomic E-state index is 12.1. The molecule has 23 heavy (non-hydrogen) atoms. The average molecular weight is 330 g/mol. The van der Waals surface area contributed by atoms with E-state index in [4.69, 9.17) is 21.1 Å². The van der Waals surface area contributed by atoms with Crippen molar-refractivity contribution in [2.24, 2.45) is 0 Å². The van der Waals surface area contributed by atoms with Crippen LogP contribution in [0.3, 0.4) is 0 Å². The van der Waals surface area contributed by atoms with Crippen molar-refractivity contribution in [2.45, 2.75) is 13.5 Å². The Morgan fingerprint density at radius 1 is 1.17 bits per heavy atom. The summed E-state index contributed by atoms with van der Waals surface area (Å²) in [5.41, 5.74) is 2.46. The molecule has 0 saturated carbocycles. The first-order valence-electron chi connectivity index (χ1n) is 7.22. The average Bonchev–Trinajstić information content (AvgIpc) is 3.01. The molecule has 4 nitrogen and oxygen atoms in total. The van der Waals surface area contributed by atoms with Gasteiger partial charge in [-0.1, -0.05) is 17.7 Å². The highest BCUT2D eigenvalue weighted by Crippen LogP contribution is 2.32. The zero-order chi connectivity index (χ0) is 16.2. The summed E-state index contributed by atoms with van der Waals surface area (Å²) in [5, 5.41) is 3.83. The molecule has 3 rings (SSSR count). The van der Waals surface area contributed by atoms with Gasteiger partial charge < -0.3 is 14.8 Å². The molecule has 0 atom stereocenters. The van der Waals surface area contributed by atoms with Crippen LogP contribution in [-0.4, -0.2) is 12.6 Å². The second-order valence-corrected chi connectivity index (χ2v) is 5.68. The van der Waals surface area contributed by atoms with Gasteiger partial charge in [0.05, 0.1) is 0 Å². The summed E-state index contributed by atoms with van der Waals surface area (Å²) in [7, 11) is 0. The smallest absolute Gasteiger partial charge is 0.231 e. The van der Waals surface area contributed by atoms with Crippen molar-refractivity contribution in [3.05, 3.63) is 70.4 Å². The lowest BCUT2D eigenvalue weighted by Gasteiger charge is -2.07. The van der Waals surface area contributed by atoms with Crippen molar-refractivity contribution in [1.29, 1.82) is 0 Å². The van der Waals surface area contributed by atoms with Crippen molar-refractivity contribution in [3.8, 4) is 11.5 Å². The van der Waals surface area contributed by atoms with Crippen molar-refractivity contribution in [3.63, 3.8) is 0 Å². The Kier molecular flexibility index (Phi) is 4.53. The van der Waals surface area contributed by atoms with Gasteiger partial charge in [-0.15, -0.1) is 0 Å². The van der Waals surface area contributed by atoms with E-state index in [9.17, 15) is 4.79 Å². The van der Waals surface area contributed by atoms with Gasteiger partial charge in [0.15, 0.2) is 17.3 Å². The van der Waals surface area contributed by atoms with Gasteiger partial charge in [-0.3, -0.25) is 4.79 Å². The van der Waals surface area contributed by atoms with E-state index in [0.29, 0.717) is 17.1 Å². The van der Waals surface area contributed by atoms with Crippen LogP contribution in [0, 0.1) is 0 Å². The van der Waals surface area contributed by atoms with Crippen LogP contribution in [0.2, 0.25) is 5.02 Å². The summed E-state index contributed by atoms with van der Waals surface area (Å²) in [4.78, 5) is 12.1. The molecule has 0 aromatic heterocycles. The number of halogens is 1. The van der Waals surface area contributed by atoms with Gasteiger partial charge in [-0.2, -0.15) is 0 Å². The van der Waals surface area contributed by atoms with Gasteiger partial charge in [-0.25, -0.2) is 0 Å². The van der Waals surface area contributed by atoms with E-state index in [1.807, 2.05) is 25.1 Å². The predicted molar refractivity (Wildman–Crippen MR) is 88.9 cm³/mol. The number of fused-ring (bicyclic) bond motifs is 1. The van der Waals surface area contributed by atoms with Gasteiger partial charge in [-0.05, 0) is 48.9 Å². The molecule has 1 aliphatic rings. The van der Waals surface area contributed by atoms with Crippen LogP contribution in [0.1, 0.15) is 22.8 Å². The monoisotopic (exact) mass is 329 g/mol. The molecule has 0 radical (unpaired) electrons. The van der Waals surface area contributed by atoms with Crippen LogP contribution in [-0.2, 0) is 6.54 Å². The zero-order valence-corrected chi connectivity index (χ0v) is 13.4. The van der Waals surface area contributed by atoms with Crippen LogP contribution in [0.4, 0.5) is 0 Å². The molecule has 0 bridgehead atoms. The van der Waals surface area contributed by atoms with Gasteiger partial charge in [0.2, 0.25) is 6.79 Å². The minimum Gasteiger partial charge on any atom is -0.454 e. The lowest BCUT2D eigenvalue weighted by molar-refractivity contribution is 0.104. The Balaban J connectivity index is 1.61. The Bertz CT molecular complexity index is 753. The molecule has 2 aromatic rings. The van der Waals surface area contributed by atoms with E-state index in [2.05, 4.69) is 5.32 Å². The minimum atomic E-state index is -0.0580. The molecule has 2 aromatic carbocycles. The zero-order valence-electron chi connectivity index (χ0n) is 12.6. The van der Waals surface area contributed by atoms with Crippen molar-refractivity contribution >= 4 is 17.4 Å². The van der Waals surface area contributed by atoms with Crippen LogP contribution >= 0.6 is 11.6 Å². The number of allylic oxidation sites excluding steroid dienone is 2. The Hall–Kier alpha value is -2.46. The normalized spacial score (nSPS) is 13.0. The molecule has 0 amide bonds. The second-order valence-electron chi connectivity index (χ2n) is 5.24. The maximum atomic E-state index is 12.1. The summed E-state index contributed by atoms with van der Waals surface area (Å²) in [6.45, 7) is 2.73. The first-order valence-corrected chi connectivity index (χ1v) is 7.60. The lowest BCUT2D eigenvalue weighted by atomic mass is 10.1. The highest BCUT2D eigenvalue weighted by molar-refractivity contribution is 6.30. The quantitative estimate of drug-likeness (QED) is 0.666. The Labute approximate surface area is 139 Å². The third-order valence-electron chi connectivity index (χ3n) is 3.48. The Morgan fingerprint density at radius 2 is 1.91 bits per heavy atom. The number of ketones is 1. The maximum Gasteiger partial charge on any atom is 0.231 e. The first kappa shape index (κ1) is 15.4. The van der Waals surface area contributed by atoms with E-state index < -0.39 is 0 Å². The molecule has 118 valence electrons. The standard InChI is InChI=1S/C18H16ClNO3/c1-12(8-16(21)14-3-5-15(19)6-4-14)20-10-13-2-7-17-18(9-13)23-11-22-17/h2-9,20H,10-11H2,1H3. The first-order chi connectivity index (χ1) is 11.1. The van der Waals surface area contributed by atoms with E-state index in [1.54, 1.807) is 30.3 Å². The van der Waals surface area contributed by atoms with Crippen molar-refractivity contribution in [2.75, 3.05) is 6.79 Å². The number of hydrogen-bond acceptors (Lipinski definition) is 4. The molecule has 0 spiro atoms. The van der Waals surface area contributed by atoms with Crippen molar-refractivity contribution in [1.82, 2.24) is 5.32 Å². The SMILES string of the molecule is CC(=CC(=O)c1ccc(Cl)cc1)NCc1ccc2c(c1)OCO2. The number of carbonyl (C=O) groups is 1. The number of benzene rings is 2. The van der Waals surface area contributed by atoms with E-state index in [0.717, 1.165) is 22.8 Å². The molecule has 1 heterocycles. The third kappa shape index (κ3) is 3.85. The van der Waals surface area contributed by atoms with Crippen LogP contribution in [0.25, 0.3) is 0 Å². The molecule has 0 aliphatic carbocycles. The fourth-order valence-corrected chi connectivity index (χ4v) is 2.36. The van der Waals surface area contributed by atoms with Crippen molar-refractivity contribution < 1.29 is 14.3 Å². The van der Waals surface area contributed by atoms with Gasteiger partial charge >= 0.3 is 0 Å². The largest absolute Gasteiger partial charge is 0.454 e. The number of nitrogens with one attached hydrogen (secondary N) is 1. The molecular weight excluding hydrogens is 314 g/mol. The van der Waals surface area contributed by atoms with Gasteiger partial charge in [0, 0.05) is 28.9 Å². The summed E-state index contributed by atoms with van der Waals surface area (Å²) in [5.74, 6) is 1.46. The van der Waals surface area contributed by atoms with Gasteiger partial charge in [0.25, 0.3) is 0 Å². The summed E-state index contributed by atoms with van der Waals surface area (Å²) >= 11 is 5.82. The number of carbonyl (C=O) groups excluding carboxylic acids is 1. The molecule has 5 heteroatoms. The van der Waals surface area contributed by atoms with Crippen LogP contribution in [0.15, 0.2) is 54.2 Å². The predicted octanol–water partition coefficient (Wildman–Crippen LogP) is 3.95. The number of rotatable bonds is 5. The number of hydrogen-bond donors (Lipinski definition) is 1. The molecule has 1 aliphatic heterocycles. The highest BCUT2D eigenvalue weighted by Gasteiger charge is 2.13. The highest BCUT2D eigenvalue weighted by atomic mass is 35.5. The summed E-state index contributed by atoms with van der Waals surface area (Å²) < 4.78 is 10.6. The topological polar surface area (TPSA) is 47.6 Å². The fraction of sp³-hybridized carbons (Fsp3) is 0.167. The number of ether oxygens (including phenoxy) is 2. The molecule has 0 unspecified atom stereocenters. The third-order valence-corrected chi connectivity index (χ3v) is 3.74. The van der Waals surface area contributed by atoms with Gasteiger partial charge in [0.1, 0.15) is 0 Å². The molecule has 0 saturated heterocycles. The van der Waals surface area contributed by atoms with Crippen LogP contribution in [0.5, 0.6) is 11.5 Å². The van der Waals surface area contributed by atoms with E-state index >= 15 is 0 Å². The Morgan fingerprint density at radius 3 is 2.70 bits per heavy atom. The molecular formula is C18H16ClNO3. The molecule has 1 N–H and O–H groups in total. The second kappa shape index (κ2) is 6.75. The van der Waals surface area contributed by atoms with Crippen LogP contribution < -0.4 is 14.8 Å². The van der Waals surface area contributed by atoms with E-state index in [-0.39, 0.29) is 12.6 Å². The minimum absolute atomic E-state index is 0.0580. The van der Waals surface area contributed by atoms with E-state index in [1.165, 1.54) is 0 Å². The fourth-order valence-electron chi connectivity index (χ4n) is 2.24.